The Bertz CT molecular complexity index is 1570. The van der Waals surface area contributed by atoms with Gasteiger partial charge in [-0.15, -0.1) is 0 Å². The van der Waals surface area contributed by atoms with Crippen molar-refractivity contribution in [2.24, 2.45) is 5.92 Å². The van der Waals surface area contributed by atoms with Gasteiger partial charge in [-0.25, -0.2) is 4.79 Å². The molecule has 3 saturated heterocycles. The molecular formula is C37H60N4O16. The zero-order valence-corrected chi connectivity index (χ0v) is 32.4. The molecule has 0 aromatic carbocycles. The third kappa shape index (κ3) is 12.4. The van der Waals surface area contributed by atoms with Gasteiger partial charge in [-0.1, -0.05) is 58.4 Å². The van der Waals surface area contributed by atoms with Crippen LogP contribution in [0.3, 0.4) is 0 Å². The molecule has 4 rings (SSSR count). The number of ether oxygens (including phenoxy) is 4. The summed E-state index contributed by atoms with van der Waals surface area (Å²) in [6.07, 6.45) is -10.3. The normalized spacial score (nSPS) is 35.1. The molecule has 4 heterocycles. The number of aliphatic hydroxyl groups excluding tert-OH is 8. The van der Waals surface area contributed by atoms with E-state index in [0.717, 1.165) is 49.4 Å². The molecule has 1 aromatic heterocycles. The minimum atomic E-state index is -1.85. The van der Waals surface area contributed by atoms with Gasteiger partial charge in [0, 0.05) is 25.6 Å². The van der Waals surface area contributed by atoms with Crippen LogP contribution in [0.1, 0.15) is 84.8 Å². The molecule has 3 fully saturated rings. The molecule has 1 aromatic rings. The summed E-state index contributed by atoms with van der Waals surface area (Å²) in [7, 11) is 0. The highest BCUT2D eigenvalue weighted by atomic mass is 16.8. The minimum absolute atomic E-state index is 0.598. The predicted octanol–water partition coefficient (Wildman–Crippen LogP) is -2.87. The number of amides is 2. The van der Waals surface area contributed by atoms with Gasteiger partial charge in [0.2, 0.25) is 11.8 Å². The molecule has 57 heavy (non-hydrogen) atoms. The number of aromatic nitrogens is 2. The number of aliphatic hydroxyl groups is 8. The van der Waals surface area contributed by atoms with E-state index in [4.69, 9.17) is 18.9 Å². The van der Waals surface area contributed by atoms with Gasteiger partial charge >= 0.3 is 5.69 Å². The largest absolute Gasteiger partial charge is 0.394 e. The number of aromatic amines is 1. The summed E-state index contributed by atoms with van der Waals surface area (Å²) in [6, 6.07) is -2.01. The Morgan fingerprint density at radius 1 is 0.842 bits per heavy atom. The van der Waals surface area contributed by atoms with Crippen molar-refractivity contribution in [2.45, 2.75) is 170 Å². The molecule has 2 unspecified atom stereocenters. The maximum Gasteiger partial charge on any atom is 0.330 e. The van der Waals surface area contributed by atoms with Crippen molar-refractivity contribution < 1.29 is 69.4 Å². The van der Waals surface area contributed by atoms with Gasteiger partial charge in [0.15, 0.2) is 18.8 Å². The topological polar surface area (TPSA) is 312 Å². The summed E-state index contributed by atoms with van der Waals surface area (Å²) >= 11 is 0. The third-order valence-corrected chi connectivity index (χ3v) is 10.5. The highest BCUT2D eigenvalue weighted by Gasteiger charge is 2.53. The van der Waals surface area contributed by atoms with Crippen molar-refractivity contribution in [3.8, 4) is 0 Å². The van der Waals surface area contributed by atoms with Crippen molar-refractivity contribution in [3.05, 3.63) is 45.3 Å². The van der Waals surface area contributed by atoms with Crippen LogP contribution in [-0.4, -0.2) is 155 Å². The number of carbonyl (C=O) groups excluding carboxylic acids is 2. The van der Waals surface area contributed by atoms with E-state index in [1.165, 1.54) is 25.3 Å². The van der Waals surface area contributed by atoms with Crippen LogP contribution in [0.25, 0.3) is 0 Å². The van der Waals surface area contributed by atoms with Crippen molar-refractivity contribution in [1.29, 1.82) is 0 Å². The Morgan fingerprint density at radius 3 is 2.05 bits per heavy atom. The number of unbranched alkanes of at least 4 members (excludes halogenated alkanes) is 6. The summed E-state index contributed by atoms with van der Waals surface area (Å²) in [5, 5.41) is 91.3. The second kappa shape index (κ2) is 21.8. The monoisotopic (exact) mass is 816 g/mol. The summed E-state index contributed by atoms with van der Waals surface area (Å²) < 4.78 is 24.1. The summed E-state index contributed by atoms with van der Waals surface area (Å²) in [4.78, 5) is 51.0. The molecular weight excluding hydrogens is 756 g/mol. The van der Waals surface area contributed by atoms with Crippen LogP contribution in [0.2, 0.25) is 0 Å². The highest BCUT2D eigenvalue weighted by Crippen LogP contribution is 2.34. The third-order valence-electron chi connectivity index (χ3n) is 10.5. The Morgan fingerprint density at radius 2 is 1.44 bits per heavy atom. The number of carbonyl (C=O) groups is 2. The maximum atomic E-state index is 13.1. The molecule has 20 heteroatoms. The standard InChI is InChI=1S/C37H60N4O16/c1-18(2)12-10-8-6-4-5-7-9-11-13-23(45)39-26-30(50)27(47)21(54-36(26)57-35-25(38-19(3)43)29(49)28(48)22(17-42)55-35)16-20(44)33-31(51)32(52)34(56-33)41-15-14-24(46)40-37(41)53/h11,13-15,18,20-22,25-36,42,44,47-52H,4-10,12,16-17H2,1-3H3,(H,38,43)(H,39,45)(H,40,46,53)/b13-11+/t20-,21-,22+,25+,26?,27?,28+,29+,30-,31+,32-,33-,34-,35+,36+/m1/s1. The fourth-order valence-corrected chi connectivity index (χ4v) is 7.27. The van der Waals surface area contributed by atoms with Gasteiger partial charge in [-0.05, 0) is 24.8 Å². The van der Waals surface area contributed by atoms with E-state index >= 15 is 0 Å². The van der Waals surface area contributed by atoms with Gasteiger partial charge < -0.3 is 70.4 Å². The molecule has 2 amide bonds. The zero-order chi connectivity index (χ0) is 42.0. The highest BCUT2D eigenvalue weighted by molar-refractivity contribution is 5.87. The van der Waals surface area contributed by atoms with Crippen molar-refractivity contribution >= 4 is 11.8 Å². The lowest BCUT2D eigenvalue weighted by molar-refractivity contribution is -0.346. The molecule has 324 valence electrons. The quantitative estimate of drug-likeness (QED) is 0.0494. The summed E-state index contributed by atoms with van der Waals surface area (Å²) in [5.74, 6) is -0.665. The first-order valence-electron chi connectivity index (χ1n) is 19.6. The van der Waals surface area contributed by atoms with E-state index in [1.807, 2.05) is 4.98 Å². The molecule has 3 aliphatic rings. The van der Waals surface area contributed by atoms with Gasteiger partial charge in [-0.3, -0.25) is 23.9 Å². The lowest BCUT2D eigenvalue weighted by Gasteiger charge is -2.47. The first-order valence-corrected chi connectivity index (χ1v) is 19.6. The average Bonchev–Trinajstić information content (AvgIpc) is 3.45. The summed E-state index contributed by atoms with van der Waals surface area (Å²) in [5.41, 5.74) is -1.68. The van der Waals surface area contributed by atoms with Crippen LogP contribution < -0.4 is 21.9 Å². The first kappa shape index (κ1) is 46.6. The smallest absolute Gasteiger partial charge is 0.330 e. The lowest BCUT2D eigenvalue weighted by atomic mass is 9.91. The molecule has 11 N–H and O–H groups in total. The van der Waals surface area contributed by atoms with Crippen molar-refractivity contribution in [1.82, 2.24) is 20.2 Å². The Labute approximate surface area is 329 Å². The molecule has 0 saturated carbocycles. The minimum Gasteiger partial charge on any atom is -0.394 e. The summed E-state index contributed by atoms with van der Waals surface area (Å²) in [6.45, 7) is 4.75. The van der Waals surface area contributed by atoms with E-state index in [0.29, 0.717) is 12.3 Å². The van der Waals surface area contributed by atoms with Gasteiger partial charge in [-0.2, -0.15) is 0 Å². The second-order valence-electron chi connectivity index (χ2n) is 15.4. The number of hydrogen-bond donors (Lipinski definition) is 11. The molecule has 0 spiro atoms. The fourth-order valence-electron chi connectivity index (χ4n) is 7.27. The number of H-pyrrole nitrogens is 1. The van der Waals surface area contributed by atoms with Crippen LogP contribution in [0.15, 0.2) is 34.0 Å². The van der Waals surface area contributed by atoms with Crippen molar-refractivity contribution in [2.75, 3.05) is 6.61 Å². The van der Waals surface area contributed by atoms with Crippen LogP contribution in [-0.2, 0) is 28.5 Å². The van der Waals surface area contributed by atoms with Crippen LogP contribution in [0.4, 0.5) is 0 Å². The van der Waals surface area contributed by atoms with Crippen LogP contribution >= 0.6 is 0 Å². The van der Waals surface area contributed by atoms with Crippen LogP contribution in [0.5, 0.6) is 0 Å². The van der Waals surface area contributed by atoms with E-state index < -0.39 is 128 Å². The SMILES string of the molecule is CC(=O)N[C@@H]1[C@H](O[C@@H]2O[C@H](C[C@@H](O)[C@H]3O[C@@H](n4ccc(=O)[nH]c4=O)[C@H](O)[C@@H]3O)C(O)[C@H](O)C2NC(=O)/C=C/CCCCCCCCC(C)C)O[C@@H](CO)[C@H](O)[C@H]1O. The number of nitrogens with one attached hydrogen (secondary N) is 3. The Kier molecular flexibility index (Phi) is 17.8. The molecule has 0 bridgehead atoms. The van der Waals surface area contributed by atoms with Gasteiger partial charge in [0.25, 0.3) is 5.56 Å². The predicted molar refractivity (Wildman–Crippen MR) is 198 cm³/mol. The number of rotatable bonds is 19. The molecule has 15 atom stereocenters. The van der Waals surface area contributed by atoms with E-state index in [2.05, 4.69) is 24.5 Å². The van der Waals surface area contributed by atoms with E-state index in [1.54, 1.807) is 6.08 Å². The molecule has 20 nitrogen and oxygen atoms in total. The van der Waals surface area contributed by atoms with Crippen molar-refractivity contribution in [3.63, 3.8) is 0 Å². The number of nitrogens with zero attached hydrogens (tertiary/aromatic N) is 1. The maximum absolute atomic E-state index is 13.1. The second-order valence-corrected chi connectivity index (χ2v) is 15.4. The van der Waals surface area contributed by atoms with Gasteiger partial charge in [0.1, 0.15) is 60.9 Å². The lowest BCUT2D eigenvalue weighted by Crippen LogP contribution is -2.68. The Hall–Kier alpha value is -3.12. The number of allylic oxidation sites excluding steroid dienone is 1. The van der Waals surface area contributed by atoms with E-state index in [-0.39, 0.29) is 0 Å². The Balaban J connectivity index is 1.48. The average molecular weight is 817 g/mol. The van der Waals surface area contributed by atoms with E-state index in [9.17, 15) is 60.0 Å². The van der Waals surface area contributed by atoms with Crippen LogP contribution in [0, 0.1) is 5.92 Å². The molecule has 0 radical (unpaired) electrons. The molecule has 3 aliphatic heterocycles. The zero-order valence-electron chi connectivity index (χ0n) is 32.4. The first-order chi connectivity index (χ1) is 27.0. The fraction of sp³-hybridized carbons (Fsp3) is 0.784. The number of hydrogen-bond acceptors (Lipinski definition) is 16. The molecule has 0 aliphatic carbocycles. The van der Waals surface area contributed by atoms with Gasteiger partial charge in [0.05, 0.1) is 18.8 Å².